The van der Waals surface area contributed by atoms with Crippen molar-refractivity contribution in [2.45, 2.75) is 19.9 Å². The number of fused-ring (bicyclic) bond motifs is 1. The highest BCUT2D eigenvalue weighted by Gasteiger charge is 2.11. The number of rotatable bonds is 4. The van der Waals surface area contributed by atoms with Crippen molar-refractivity contribution in [2.24, 2.45) is 0 Å². The molecule has 0 saturated carbocycles. The number of para-hydroxylation sites is 2. The number of anilines is 1. The number of aromatic nitrogens is 1. The lowest BCUT2D eigenvalue weighted by molar-refractivity contribution is -0.116. The Labute approximate surface area is 135 Å². The zero-order valence-corrected chi connectivity index (χ0v) is 12.9. The Morgan fingerprint density at radius 1 is 1.17 bits per heavy atom. The van der Waals surface area contributed by atoms with E-state index in [2.05, 4.69) is 18.3 Å². The number of hydrogen-bond acceptors (Lipinski definition) is 2. The molecule has 0 aliphatic heterocycles. The van der Waals surface area contributed by atoms with Crippen LogP contribution in [-0.2, 0) is 17.8 Å². The third kappa shape index (κ3) is 2.95. The predicted molar refractivity (Wildman–Crippen MR) is 91.1 cm³/mol. The van der Waals surface area contributed by atoms with E-state index in [0.717, 1.165) is 28.6 Å². The Morgan fingerprint density at radius 2 is 1.91 bits per heavy atom. The molecule has 0 unspecified atom stereocenters. The van der Waals surface area contributed by atoms with Crippen LogP contribution >= 0.6 is 0 Å². The second kappa shape index (κ2) is 6.37. The fraction of sp³-hybridized carbons (Fsp3) is 0.158. The van der Waals surface area contributed by atoms with Gasteiger partial charge in [-0.15, -0.1) is 0 Å². The summed E-state index contributed by atoms with van der Waals surface area (Å²) in [4.78, 5) is 12.4. The van der Waals surface area contributed by atoms with Crippen molar-refractivity contribution in [3.63, 3.8) is 0 Å². The minimum Gasteiger partial charge on any atom is -0.337 e. The fourth-order valence-electron chi connectivity index (χ4n) is 2.76. The van der Waals surface area contributed by atoms with Gasteiger partial charge in [-0.25, -0.2) is 0 Å². The smallest absolute Gasteiger partial charge is 0.244 e. The molecule has 0 atom stereocenters. The monoisotopic (exact) mass is 303 g/mol. The maximum absolute atomic E-state index is 12.4. The van der Waals surface area contributed by atoms with Crippen LogP contribution in [0.2, 0.25) is 0 Å². The predicted octanol–water partition coefficient (Wildman–Crippen LogP) is 3.71. The zero-order chi connectivity index (χ0) is 16.2. The molecule has 114 valence electrons. The number of nitriles is 1. The van der Waals surface area contributed by atoms with Crippen LogP contribution < -0.4 is 5.32 Å². The first-order chi connectivity index (χ1) is 11.2. The van der Waals surface area contributed by atoms with E-state index in [9.17, 15) is 10.1 Å². The summed E-state index contributed by atoms with van der Waals surface area (Å²) in [5.41, 5.74) is 3.43. The Kier molecular flexibility index (Phi) is 4.11. The van der Waals surface area contributed by atoms with E-state index in [-0.39, 0.29) is 12.5 Å². The molecule has 1 amide bonds. The van der Waals surface area contributed by atoms with E-state index >= 15 is 0 Å². The van der Waals surface area contributed by atoms with Gasteiger partial charge >= 0.3 is 0 Å². The van der Waals surface area contributed by atoms with Crippen LogP contribution in [0, 0.1) is 11.3 Å². The van der Waals surface area contributed by atoms with Gasteiger partial charge in [-0.2, -0.15) is 5.26 Å². The molecule has 23 heavy (non-hydrogen) atoms. The van der Waals surface area contributed by atoms with Gasteiger partial charge in [0.25, 0.3) is 0 Å². The normalized spacial score (nSPS) is 10.4. The number of carbonyl (C=O) groups is 1. The van der Waals surface area contributed by atoms with Gasteiger partial charge in [-0.1, -0.05) is 43.3 Å². The minimum absolute atomic E-state index is 0.101. The minimum atomic E-state index is -0.101. The van der Waals surface area contributed by atoms with Gasteiger partial charge in [0, 0.05) is 22.8 Å². The molecule has 2 aromatic carbocycles. The van der Waals surface area contributed by atoms with E-state index in [1.54, 1.807) is 6.20 Å². The van der Waals surface area contributed by atoms with Crippen LogP contribution in [0.15, 0.2) is 54.7 Å². The molecule has 4 heteroatoms. The van der Waals surface area contributed by atoms with Crippen molar-refractivity contribution in [2.75, 3.05) is 5.32 Å². The van der Waals surface area contributed by atoms with Crippen molar-refractivity contribution in [1.29, 1.82) is 5.26 Å². The Balaban J connectivity index is 1.85. The first-order valence-electron chi connectivity index (χ1n) is 7.58. The number of nitrogens with one attached hydrogen (secondary N) is 1. The van der Waals surface area contributed by atoms with Crippen LogP contribution in [0.1, 0.15) is 18.1 Å². The van der Waals surface area contributed by atoms with Crippen LogP contribution in [0.25, 0.3) is 10.9 Å². The number of benzene rings is 2. The van der Waals surface area contributed by atoms with Crippen molar-refractivity contribution in [3.8, 4) is 6.07 Å². The van der Waals surface area contributed by atoms with Crippen LogP contribution in [0.4, 0.5) is 5.69 Å². The number of nitrogens with zero attached hydrogens (tertiary/aromatic N) is 2. The fourth-order valence-corrected chi connectivity index (χ4v) is 2.76. The van der Waals surface area contributed by atoms with E-state index in [0.29, 0.717) is 5.56 Å². The summed E-state index contributed by atoms with van der Waals surface area (Å²) >= 11 is 0. The number of aryl methyl sites for hydroxylation is 1. The van der Waals surface area contributed by atoms with E-state index in [4.69, 9.17) is 0 Å². The third-order valence-corrected chi connectivity index (χ3v) is 3.90. The van der Waals surface area contributed by atoms with Crippen molar-refractivity contribution in [1.82, 2.24) is 4.57 Å². The van der Waals surface area contributed by atoms with Crippen molar-refractivity contribution >= 4 is 22.5 Å². The number of amides is 1. The van der Waals surface area contributed by atoms with Gasteiger partial charge in [0.1, 0.15) is 12.6 Å². The summed E-state index contributed by atoms with van der Waals surface area (Å²) < 4.78 is 1.82. The quantitative estimate of drug-likeness (QED) is 0.798. The second-order valence-corrected chi connectivity index (χ2v) is 5.36. The van der Waals surface area contributed by atoms with Gasteiger partial charge in [0.15, 0.2) is 0 Å². The molecule has 1 aromatic heterocycles. The molecule has 1 heterocycles. The molecular weight excluding hydrogens is 286 g/mol. The SMILES string of the molecule is CCc1ccccc1NC(=O)Cn1cc(C#N)c2ccccc21. The van der Waals surface area contributed by atoms with Crippen LogP contribution in [0.3, 0.4) is 0 Å². The van der Waals surface area contributed by atoms with Crippen LogP contribution in [0.5, 0.6) is 0 Å². The van der Waals surface area contributed by atoms with E-state index < -0.39 is 0 Å². The summed E-state index contributed by atoms with van der Waals surface area (Å²) in [6, 6.07) is 17.6. The molecular formula is C19H17N3O. The Hall–Kier alpha value is -3.06. The lowest BCUT2D eigenvalue weighted by Crippen LogP contribution is -2.19. The Morgan fingerprint density at radius 3 is 2.70 bits per heavy atom. The first kappa shape index (κ1) is 14.9. The Bertz CT molecular complexity index is 902. The van der Waals surface area contributed by atoms with Crippen molar-refractivity contribution in [3.05, 3.63) is 65.9 Å². The second-order valence-electron chi connectivity index (χ2n) is 5.36. The maximum Gasteiger partial charge on any atom is 0.244 e. The van der Waals surface area contributed by atoms with Gasteiger partial charge in [0.05, 0.1) is 5.56 Å². The summed E-state index contributed by atoms with van der Waals surface area (Å²) in [5.74, 6) is -0.101. The molecule has 3 aromatic rings. The molecule has 0 aliphatic rings. The summed E-state index contributed by atoms with van der Waals surface area (Å²) in [6.45, 7) is 2.24. The molecule has 0 saturated heterocycles. The maximum atomic E-state index is 12.4. The number of carbonyl (C=O) groups excluding carboxylic acids is 1. The summed E-state index contributed by atoms with van der Waals surface area (Å²) in [6.07, 6.45) is 2.59. The third-order valence-electron chi connectivity index (χ3n) is 3.90. The van der Waals surface area contributed by atoms with Gasteiger partial charge in [-0.3, -0.25) is 4.79 Å². The van der Waals surface area contributed by atoms with Crippen molar-refractivity contribution < 1.29 is 4.79 Å². The molecule has 0 bridgehead atoms. The van der Waals surface area contributed by atoms with Gasteiger partial charge in [-0.05, 0) is 24.1 Å². The van der Waals surface area contributed by atoms with Gasteiger partial charge < -0.3 is 9.88 Å². The molecule has 1 N–H and O–H groups in total. The highest BCUT2D eigenvalue weighted by Crippen LogP contribution is 2.21. The lowest BCUT2D eigenvalue weighted by atomic mass is 10.1. The van der Waals surface area contributed by atoms with E-state index in [1.807, 2.05) is 53.1 Å². The molecule has 4 nitrogen and oxygen atoms in total. The van der Waals surface area contributed by atoms with E-state index in [1.165, 1.54) is 0 Å². The molecule has 0 radical (unpaired) electrons. The number of hydrogen-bond donors (Lipinski definition) is 1. The topological polar surface area (TPSA) is 57.8 Å². The highest BCUT2D eigenvalue weighted by atomic mass is 16.1. The largest absolute Gasteiger partial charge is 0.337 e. The average molecular weight is 303 g/mol. The molecule has 0 spiro atoms. The lowest BCUT2D eigenvalue weighted by Gasteiger charge is -2.10. The first-order valence-corrected chi connectivity index (χ1v) is 7.58. The molecule has 3 rings (SSSR count). The van der Waals surface area contributed by atoms with Gasteiger partial charge in [0.2, 0.25) is 5.91 Å². The molecule has 0 aliphatic carbocycles. The molecule has 0 fully saturated rings. The zero-order valence-electron chi connectivity index (χ0n) is 12.9. The summed E-state index contributed by atoms with van der Waals surface area (Å²) in [7, 11) is 0. The van der Waals surface area contributed by atoms with Crippen LogP contribution in [-0.4, -0.2) is 10.5 Å². The average Bonchev–Trinajstić information content (AvgIpc) is 2.93. The standard InChI is InChI=1S/C19H17N3O/c1-2-14-7-3-5-9-17(14)21-19(23)13-22-12-15(11-20)16-8-4-6-10-18(16)22/h3-10,12H,2,13H2,1H3,(H,21,23). The summed E-state index contributed by atoms with van der Waals surface area (Å²) in [5, 5.41) is 13.1. The highest BCUT2D eigenvalue weighted by molar-refractivity contribution is 5.93.